The molecule has 4 rings (SSSR count). The Hall–Kier alpha value is -3.11. The van der Waals surface area contributed by atoms with E-state index in [0.29, 0.717) is 17.5 Å². The molecule has 3 aromatic rings. The number of aliphatic hydroxyl groups is 1. The van der Waals surface area contributed by atoms with Crippen molar-refractivity contribution in [1.29, 1.82) is 0 Å². The van der Waals surface area contributed by atoms with Crippen LogP contribution in [0.2, 0.25) is 0 Å². The third-order valence-corrected chi connectivity index (χ3v) is 5.39. The highest BCUT2D eigenvalue weighted by Crippen LogP contribution is 2.43. The van der Waals surface area contributed by atoms with E-state index in [1.165, 1.54) is 0 Å². The van der Waals surface area contributed by atoms with E-state index in [0.717, 1.165) is 15.4 Å². The van der Waals surface area contributed by atoms with E-state index >= 15 is 0 Å². The summed E-state index contributed by atoms with van der Waals surface area (Å²) < 4.78 is 50.5. The van der Waals surface area contributed by atoms with Crippen molar-refractivity contribution in [2.24, 2.45) is 4.99 Å². The van der Waals surface area contributed by atoms with Gasteiger partial charge in [0.05, 0.1) is 24.7 Å². The number of aliphatic hydroxyl groups excluding tert-OH is 1. The summed E-state index contributed by atoms with van der Waals surface area (Å²) in [6, 6.07) is 25.0. The highest BCUT2D eigenvalue weighted by Gasteiger charge is 2.42. The molecule has 0 radical (unpaired) electrons. The minimum atomic E-state index is -2.70. The Morgan fingerprint density at radius 3 is 1.70 bits per heavy atom. The molecule has 3 atom stereocenters. The molecule has 0 aromatic heterocycles. The van der Waals surface area contributed by atoms with Crippen molar-refractivity contribution in [2.45, 2.75) is 24.5 Å². The number of guanidine groups is 1. The number of rotatable bonds is 6. The average molecular weight is 406 g/mol. The summed E-state index contributed by atoms with van der Waals surface area (Å²) in [7, 11) is 0. The molecule has 4 heteroatoms. The van der Waals surface area contributed by atoms with Crippen LogP contribution in [0.15, 0.2) is 96.0 Å². The second-order valence-corrected chi connectivity index (χ2v) is 7.41. The summed E-state index contributed by atoms with van der Waals surface area (Å²) in [6.45, 7) is -5.76. The van der Waals surface area contributed by atoms with E-state index < -0.39 is 32.1 Å². The molecule has 154 valence electrons. The molecule has 4 nitrogen and oxygen atoms in total. The molecular weight excluding hydrogens is 370 g/mol. The van der Waals surface area contributed by atoms with Crippen molar-refractivity contribution in [3.8, 4) is 0 Å². The minimum absolute atomic E-state index is 0.173. The van der Waals surface area contributed by atoms with Gasteiger partial charge in [-0.05, 0) is 23.1 Å². The molecule has 30 heavy (non-hydrogen) atoms. The van der Waals surface area contributed by atoms with Crippen LogP contribution >= 0.6 is 0 Å². The van der Waals surface area contributed by atoms with Crippen LogP contribution in [-0.2, 0) is 6.42 Å². The molecule has 1 heterocycles. The summed E-state index contributed by atoms with van der Waals surface area (Å²) in [6.07, 6.45) is 0.330. The van der Waals surface area contributed by atoms with Crippen molar-refractivity contribution >= 4 is 5.96 Å². The molecule has 1 aliphatic rings. The standard InChI is InChI=1S/C26H29N3O/c1-28-24(21-14-8-4-9-15-21)25(22-16-10-5-11-17-22)29(2)26(28)27-23(19-30)18-20-12-6-3-7-13-20/h3-17,23-25,30H,18-19H2,1-2H3/t23-,24+,25+/m0/s1/i1D3,2D3. The molecule has 1 aliphatic heterocycles. The molecule has 1 fully saturated rings. The van der Waals surface area contributed by atoms with Crippen LogP contribution in [0.4, 0.5) is 0 Å². The fraction of sp³-hybridized carbons (Fsp3) is 0.269. The average Bonchev–Trinajstić information content (AvgIpc) is 3.21. The predicted octanol–water partition coefficient (Wildman–Crippen LogP) is 4.31. The van der Waals surface area contributed by atoms with Gasteiger partial charge in [0.15, 0.2) is 5.96 Å². The number of aliphatic imine (C=N–C) groups is 1. The lowest BCUT2D eigenvalue weighted by Gasteiger charge is -2.26. The molecule has 3 aromatic carbocycles. The van der Waals surface area contributed by atoms with Gasteiger partial charge in [0.2, 0.25) is 0 Å². The first-order chi connectivity index (χ1) is 17.1. The summed E-state index contributed by atoms with van der Waals surface area (Å²) in [5.41, 5.74) is 2.22. The van der Waals surface area contributed by atoms with Crippen LogP contribution in [0.5, 0.6) is 0 Å². The zero-order chi connectivity index (χ0) is 25.9. The van der Waals surface area contributed by atoms with Gasteiger partial charge in [-0.15, -0.1) is 0 Å². The molecule has 1 N–H and O–H groups in total. The lowest BCUT2D eigenvalue weighted by Crippen LogP contribution is -2.32. The van der Waals surface area contributed by atoms with Gasteiger partial charge in [0.1, 0.15) is 0 Å². The van der Waals surface area contributed by atoms with Gasteiger partial charge in [0, 0.05) is 22.2 Å². The van der Waals surface area contributed by atoms with Gasteiger partial charge in [0.25, 0.3) is 0 Å². The third-order valence-electron chi connectivity index (χ3n) is 5.39. The van der Waals surface area contributed by atoms with E-state index in [2.05, 4.69) is 4.99 Å². The lowest BCUT2D eigenvalue weighted by atomic mass is 9.93. The molecule has 0 bridgehead atoms. The smallest absolute Gasteiger partial charge is 0.197 e. The van der Waals surface area contributed by atoms with Crippen molar-refractivity contribution in [1.82, 2.24) is 9.80 Å². The lowest BCUT2D eigenvalue weighted by molar-refractivity contribution is 0.264. The molecule has 0 unspecified atom stereocenters. The number of nitrogens with zero attached hydrogens (tertiary/aromatic N) is 3. The maximum atomic E-state index is 10.2. The second kappa shape index (κ2) is 9.14. The number of hydrogen-bond acceptors (Lipinski definition) is 2. The molecule has 0 saturated carbocycles. The summed E-state index contributed by atoms with van der Waals surface area (Å²) >= 11 is 0. The highest BCUT2D eigenvalue weighted by atomic mass is 16.3. The molecular formula is C26H29N3O. The summed E-state index contributed by atoms with van der Waals surface area (Å²) in [5, 5.41) is 10.2. The van der Waals surface area contributed by atoms with Crippen LogP contribution < -0.4 is 0 Å². The molecule has 0 aliphatic carbocycles. The van der Waals surface area contributed by atoms with E-state index in [-0.39, 0.29) is 12.6 Å². The monoisotopic (exact) mass is 405 g/mol. The zero-order valence-electron chi connectivity index (χ0n) is 22.6. The first-order valence-electron chi connectivity index (χ1n) is 13.0. The normalized spacial score (nSPS) is 23.6. The van der Waals surface area contributed by atoms with Crippen molar-refractivity contribution < 1.29 is 13.3 Å². The molecule has 1 saturated heterocycles. The first-order valence-corrected chi connectivity index (χ1v) is 10.0. The summed E-state index contributed by atoms with van der Waals surface area (Å²) in [4.78, 5) is 6.89. The van der Waals surface area contributed by atoms with Gasteiger partial charge in [-0.1, -0.05) is 91.0 Å². The van der Waals surface area contributed by atoms with E-state index in [4.69, 9.17) is 8.22 Å². The fourth-order valence-electron chi connectivity index (χ4n) is 3.94. The van der Waals surface area contributed by atoms with E-state index in [1.54, 1.807) is 48.5 Å². The number of benzene rings is 3. The largest absolute Gasteiger partial charge is 0.394 e. The fourth-order valence-corrected chi connectivity index (χ4v) is 3.94. The zero-order valence-corrected chi connectivity index (χ0v) is 16.6. The predicted molar refractivity (Wildman–Crippen MR) is 122 cm³/mol. The molecule has 0 amide bonds. The maximum Gasteiger partial charge on any atom is 0.197 e. The van der Waals surface area contributed by atoms with Crippen molar-refractivity contribution in [3.63, 3.8) is 0 Å². The SMILES string of the molecule is [2H]C([2H])([2H])N1C(=N[C@H](CO)Cc2ccccc2)N(C([2H])([2H])[2H])[C@H](c2ccccc2)[C@H]1c1ccccc1. The quantitative estimate of drug-likeness (QED) is 0.664. The summed E-state index contributed by atoms with van der Waals surface area (Å²) in [5.74, 6) is -0.173. The van der Waals surface area contributed by atoms with Crippen LogP contribution in [0.25, 0.3) is 0 Å². The molecule has 0 spiro atoms. The van der Waals surface area contributed by atoms with Gasteiger partial charge in [-0.2, -0.15) is 0 Å². The second-order valence-electron chi connectivity index (χ2n) is 7.41. The van der Waals surface area contributed by atoms with Crippen LogP contribution in [0.3, 0.4) is 0 Å². The Morgan fingerprint density at radius 1 is 0.800 bits per heavy atom. The first kappa shape index (κ1) is 14.0. The van der Waals surface area contributed by atoms with Crippen molar-refractivity contribution in [2.75, 3.05) is 20.6 Å². The van der Waals surface area contributed by atoms with Crippen molar-refractivity contribution in [3.05, 3.63) is 108 Å². The Kier molecular flexibility index (Phi) is 4.26. The third kappa shape index (κ3) is 4.10. The minimum Gasteiger partial charge on any atom is -0.394 e. The number of likely N-dealkylation sites (N-methyl/N-ethyl adjacent to an activating group) is 2. The van der Waals surface area contributed by atoms with Gasteiger partial charge >= 0.3 is 0 Å². The topological polar surface area (TPSA) is 39.1 Å². The van der Waals surface area contributed by atoms with Crippen LogP contribution in [0.1, 0.15) is 37.0 Å². The Bertz CT molecular complexity index is 1090. The van der Waals surface area contributed by atoms with Gasteiger partial charge < -0.3 is 14.9 Å². The highest BCUT2D eigenvalue weighted by molar-refractivity contribution is 5.83. The Balaban J connectivity index is 1.93. The Morgan fingerprint density at radius 2 is 1.27 bits per heavy atom. The van der Waals surface area contributed by atoms with E-state index in [1.807, 2.05) is 42.5 Å². The number of hydrogen-bond donors (Lipinski definition) is 1. The van der Waals surface area contributed by atoms with Gasteiger partial charge in [-0.3, -0.25) is 0 Å². The van der Waals surface area contributed by atoms with Gasteiger partial charge in [-0.25, -0.2) is 4.99 Å². The Labute approximate surface area is 187 Å². The maximum absolute atomic E-state index is 10.2. The van der Waals surface area contributed by atoms with E-state index in [9.17, 15) is 5.11 Å². The van der Waals surface area contributed by atoms with Crippen LogP contribution in [-0.4, -0.2) is 47.5 Å². The van der Waals surface area contributed by atoms with Crippen LogP contribution in [0, 0.1) is 0 Å².